The highest BCUT2D eigenvalue weighted by Crippen LogP contribution is 2.12. The quantitative estimate of drug-likeness (QED) is 0.496. The third kappa shape index (κ3) is 9.92. The third-order valence-corrected chi connectivity index (χ3v) is 3.47. The van der Waals surface area contributed by atoms with Gasteiger partial charge in [-0.2, -0.15) is 0 Å². The van der Waals surface area contributed by atoms with E-state index in [4.69, 9.17) is 18.9 Å². The average molecular weight is 303 g/mol. The van der Waals surface area contributed by atoms with Crippen molar-refractivity contribution < 1.29 is 23.7 Å². The topological polar surface area (TPSA) is 57.2 Å². The van der Waals surface area contributed by atoms with E-state index in [-0.39, 0.29) is 12.4 Å². The lowest BCUT2D eigenvalue weighted by molar-refractivity contribution is -0.122. The van der Waals surface area contributed by atoms with Crippen LogP contribution in [0.5, 0.6) is 0 Å². The van der Waals surface area contributed by atoms with Crippen LogP contribution in [0.25, 0.3) is 0 Å². The van der Waals surface area contributed by atoms with Crippen LogP contribution in [0.2, 0.25) is 0 Å². The van der Waals surface area contributed by atoms with Crippen molar-refractivity contribution in [3.63, 3.8) is 0 Å². The molecule has 0 saturated carbocycles. The van der Waals surface area contributed by atoms with E-state index >= 15 is 0 Å². The summed E-state index contributed by atoms with van der Waals surface area (Å²) in [7, 11) is 1.79. The van der Waals surface area contributed by atoms with E-state index in [2.05, 4.69) is 4.90 Å². The van der Waals surface area contributed by atoms with Crippen LogP contribution >= 0.6 is 0 Å². The summed E-state index contributed by atoms with van der Waals surface area (Å²) in [5.41, 5.74) is 0. The van der Waals surface area contributed by atoms with Crippen LogP contribution in [0.3, 0.4) is 0 Å². The Labute approximate surface area is 127 Å². The highest BCUT2D eigenvalue weighted by atomic mass is 16.5. The van der Waals surface area contributed by atoms with E-state index in [1.807, 2.05) is 0 Å². The van der Waals surface area contributed by atoms with Gasteiger partial charge in [0.2, 0.25) is 0 Å². The Morgan fingerprint density at radius 3 is 2.14 bits per heavy atom. The van der Waals surface area contributed by atoms with E-state index in [0.717, 1.165) is 39.1 Å². The number of methoxy groups -OCH3 is 1. The first-order valence-electron chi connectivity index (χ1n) is 7.70. The zero-order chi connectivity index (χ0) is 15.3. The van der Waals surface area contributed by atoms with Crippen molar-refractivity contribution >= 4 is 5.78 Å². The van der Waals surface area contributed by atoms with Gasteiger partial charge in [0.1, 0.15) is 6.61 Å². The molecule has 0 aromatic rings. The van der Waals surface area contributed by atoms with E-state index in [9.17, 15) is 4.79 Å². The summed E-state index contributed by atoms with van der Waals surface area (Å²) in [5, 5.41) is 0. The number of piperidine rings is 1. The first kappa shape index (κ1) is 18.5. The van der Waals surface area contributed by atoms with Crippen molar-refractivity contribution in [1.29, 1.82) is 0 Å². The van der Waals surface area contributed by atoms with Crippen LogP contribution in [-0.2, 0) is 23.7 Å². The molecule has 1 saturated heterocycles. The number of carbonyl (C=O) groups is 1. The lowest BCUT2D eigenvalue weighted by Gasteiger charge is -2.30. The minimum absolute atomic E-state index is 0.0351. The number of ketones is 1. The predicted molar refractivity (Wildman–Crippen MR) is 79.6 cm³/mol. The van der Waals surface area contributed by atoms with Crippen LogP contribution in [0.15, 0.2) is 0 Å². The molecule has 124 valence electrons. The summed E-state index contributed by atoms with van der Waals surface area (Å²) in [5.74, 6) is 0.0351. The number of likely N-dealkylation sites (tertiary alicyclic amines) is 1. The predicted octanol–water partition coefficient (Wildman–Crippen LogP) is 0.736. The largest absolute Gasteiger partial charge is 0.381 e. The summed E-state index contributed by atoms with van der Waals surface area (Å²) >= 11 is 0. The fourth-order valence-electron chi connectivity index (χ4n) is 2.22. The number of rotatable bonds is 12. The zero-order valence-electron chi connectivity index (χ0n) is 13.3. The van der Waals surface area contributed by atoms with Crippen molar-refractivity contribution in [2.45, 2.75) is 25.9 Å². The standard InChI is InChI=1S/C15H29NO5/c1-14(17)13-21-12-11-20-10-9-19-8-7-16-5-3-15(18-2)4-6-16/h15H,3-13H2,1-2H3. The van der Waals surface area contributed by atoms with Crippen molar-refractivity contribution in [3.8, 4) is 0 Å². The molecule has 0 N–H and O–H groups in total. The molecule has 0 aliphatic carbocycles. The van der Waals surface area contributed by atoms with Gasteiger partial charge in [0, 0.05) is 26.7 Å². The monoisotopic (exact) mass is 303 g/mol. The zero-order valence-corrected chi connectivity index (χ0v) is 13.3. The lowest BCUT2D eigenvalue weighted by Crippen LogP contribution is -2.38. The van der Waals surface area contributed by atoms with E-state index < -0.39 is 0 Å². The number of nitrogens with zero attached hydrogens (tertiary/aromatic N) is 1. The second-order valence-corrected chi connectivity index (χ2v) is 5.26. The van der Waals surface area contributed by atoms with Crippen LogP contribution < -0.4 is 0 Å². The maximum atomic E-state index is 10.6. The second-order valence-electron chi connectivity index (χ2n) is 5.26. The van der Waals surface area contributed by atoms with Gasteiger partial charge < -0.3 is 23.8 Å². The lowest BCUT2D eigenvalue weighted by atomic mass is 10.1. The Bertz CT molecular complexity index is 267. The first-order chi connectivity index (χ1) is 10.2. The number of Topliss-reactive ketones (excluding diaryl/α,β-unsaturated/α-hetero) is 1. The molecule has 0 atom stereocenters. The number of ether oxygens (including phenoxy) is 4. The van der Waals surface area contributed by atoms with Crippen LogP contribution in [0, 0.1) is 0 Å². The summed E-state index contributed by atoms with van der Waals surface area (Å²) in [6.07, 6.45) is 2.65. The van der Waals surface area contributed by atoms with Gasteiger partial charge in [-0.3, -0.25) is 4.79 Å². The molecule has 0 spiro atoms. The molecule has 0 amide bonds. The fourth-order valence-corrected chi connectivity index (χ4v) is 2.22. The average Bonchev–Trinajstić information content (AvgIpc) is 2.49. The second kappa shape index (κ2) is 12.1. The van der Waals surface area contributed by atoms with Crippen LogP contribution in [0.4, 0.5) is 0 Å². The van der Waals surface area contributed by atoms with E-state index in [1.54, 1.807) is 7.11 Å². The third-order valence-electron chi connectivity index (χ3n) is 3.47. The van der Waals surface area contributed by atoms with Gasteiger partial charge in [0.15, 0.2) is 5.78 Å². The van der Waals surface area contributed by atoms with Crippen molar-refractivity contribution in [2.24, 2.45) is 0 Å². The van der Waals surface area contributed by atoms with E-state index in [0.29, 0.717) is 32.5 Å². The minimum Gasteiger partial charge on any atom is -0.381 e. The normalized spacial score (nSPS) is 17.2. The molecule has 6 nitrogen and oxygen atoms in total. The first-order valence-corrected chi connectivity index (χ1v) is 7.70. The Kier molecular flexibility index (Phi) is 10.6. The van der Waals surface area contributed by atoms with Crippen molar-refractivity contribution in [2.75, 3.05) is 66.4 Å². The Balaban J connectivity index is 1.80. The van der Waals surface area contributed by atoms with Gasteiger partial charge >= 0.3 is 0 Å². The maximum Gasteiger partial charge on any atom is 0.155 e. The molecule has 6 heteroatoms. The van der Waals surface area contributed by atoms with Crippen LogP contribution in [-0.4, -0.2) is 83.2 Å². The molecule has 0 aromatic heterocycles. The van der Waals surface area contributed by atoms with Crippen molar-refractivity contribution in [3.05, 3.63) is 0 Å². The fraction of sp³-hybridized carbons (Fsp3) is 0.933. The van der Waals surface area contributed by atoms with E-state index in [1.165, 1.54) is 6.92 Å². The highest BCUT2D eigenvalue weighted by Gasteiger charge is 2.17. The Morgan fingerprint density at radius 1 is 1.00 bits per heavy atom. The number of hydrogen-bond acceptors (Lipinski definition) is 6. The van der Waals surface area contributed by atoms with Crippen LogP contribution in [0.1, 0.15) is 19.8 Å². The summed E-state index contributed by atoms with van der Waals surface area (Å²) in [4.78, 5) is 13.0. The van der Waals surface area contributed by atoms with Crippen molar-refractivity contribution in [1.82, 2.24) is 4.90 Å². The van der Waals surface area contributed by atoms with Gasteiger partial charge in [0.25, 0.3) is 0 Å². The molecule has 0 unspecified atom stereocenters. The van der Waals surface area contributed by atoms with Gasteiger partial charge in [-0.05, 0) is 19.8 Å². The molecule has 1 fully saturated rings. The highest BCUT2D eigenvalue weighted by molar-refractivity contribution is 5.76. The summed E-state index contributed by atoms with van der Waals surface area (Å²) < 4.78 is 21.3. The molecule has 0 aromatic carbocycles. The molecule has 1 aliphatic rings. The summed E-state index contributed by atoms with van der Waals surface area (Å²) in [6.45, 7) is 7.68. The van der Waals surface area contributed by atoms with Gasteiger partial charge in [0.05, 0.1) is 39.1 Å². The molecule has 1 aliphatic heterocycles. The SMILES string of the molecule is COC1CCN(CCOCCOCCOCC(C)=O)CC1. The molecule has 0 radical (unpaired) electrons. The molecule has 0 bridgehead atoms. The van der Waals surface area contributed by atoms with Gasteiger partial charge in [-0.1, -0.05) is 0 Å². The molecule has 1 heterocycles. The van der Waals surface area contributed by atoms with Gasteiger partial charge in [-0.15, -0.1) is 0 Å². The number of hydrogen-bond donors (Lipinski definition) is 0. The smallest absolute Gasteiger partial charge is 0.155 e. The molecule has 21 heavy (non-hydrogen) atoms. The Morgan fingerprint density at radius 2 is 1.57 bits per heavy atom. The molecular formula is C15H29NO5. The minimum atomic E-state index is 0.0351. The molecule has 1 rings (SSSR count). The maximum absolute atomic E-state index is 10.6. The van der Waals surface area contributed by atoms with Gasteiger partial charge in [-0.25, -0.2) is 0 Å². The number of carbonyl (C=O) groups excluding carboxylic acids is 1. The summed E-state index contributed by atoms with van der Waals surface area (Å²) in [6, 6.07) is 0. The Hall–Kier alpha value is -0.530. The molecular weight excluding hydrogens is 274 g/mol.